The van der Waals surface area contributed by atoms with E-state index in [-0.39, 0.29) is 0 Å². The summed E-state index contributed by atoms with van der Waals surface area (Å²) in [6.45, 7) is 7.29. The number of nitrogens with one attached hydrogen (secondary N) is 1. The number of rotatable bonds is 8. The maximum absolute atomic E-state index is 8.93. The first-order chi connectivity index (χ1) is 9.58. The van der Waals surface area contributed by atoms with Gasteiger partial charge in [0.05, 0.1) is 12.7 Å². The molecule has 0 bridgehead atoms. The SMILES string of the molecule is COc1cc(CNCCCN(C)C(C)C)ccc1C#N. The molecule has 0 fully saturated rings. The van der Waals surface area contributed by atoms with Crippen LogP contribution in [0, 0.1) is 11.3 Å². The maximum atomic E-state index is 8.93. The second kappa shape index (κ2) is 8.57. The third-order valence-electron chi connectivity index (χ3n) is 3.46. The number of nitriles is 1. The van der Waals surface area contributed by atoms with Crippen LogP contribution in [-0.2, 0) is 6.54 Å². The van der Waals surface area contributed by atoms with E-state index in [4.69, 9.17) is 10.00 Å². The average molecular weight is 275 g/mol. The lowest BCUT2D eigenvalue weighted by Gasteiger charge is -2.20. The Labute approximate surface area is 122 Å². The van der Waals surface area contributed by atoms with E-state index in [2.05, 4.69) is 37.2 Å². The van der Waals surface area contributed by atoms with Crippen molar-refractivity contribution in [1.29, 1.82) is 5.26 Å². The fourth-order valence-electron chi connectivity index (χ4n) is 1.88. The fourth-order valence-corrected chi connectivity index (χ4v) is 1.88. The van der Waals surface area contributed by atoms with E-state index in [1.54, 1.807) is 7.11 Å². The molecule has 0 aliphatic carbocycles. The zero-order valence-electron chi connectivity index (χ0n) is 12.9. The van der Waals surface area contributed by atoms with Crippen LogP contribution in [-0.4, -0.2) is 38.2 Å². The van der Waals surface area contributed by atoms with Gasteiger partial charge in [0.1, 0.15) is 11.8 Å². The smallest absolute Gasteiger partial charge is 0.136 e. The van der Waals surface area contributed by atoms with Crippen LogP contribution in [0.1, 0.15) is 31.4 Å². The quantitative estimate of drug-likeness (QED) is 0.740. The van der Waals surface area contributed by atoms with Crippen molar-refractivity contribution in [3.05, 3.63) is 29.3 Å². The van der Waals surface area contributed by atoms with Crippen LogP contribution in [0.25, 0.3) is 0 Å². The van der Waals surface area contributed by atoms with Gasteiger partial charge in [-0.05, 0) is 58.1 Å². The van der Waals surface area contributed by atoms with Gasteiger partial charge in [-0.1, -0.05) is 6.07 Å². The Kier molecular flexibility index (Phi) is 7.06. The van der Waals surface area contributed by atoms with E-state index in [9.17, 15) is 0 Å². The summed E-state index contributed by atoms with van der Waals surface area (Å²) in [5, 5.41) is 12.4. The molecule has 1 aromatic rings. The highest BCUT2D eigenvalue weighted by Gasteiger charge is 2.04. The van der Waals surface area contributed by atoms with Crippen molar-refractivity contribution in [2.24, 2.45) is 0 Å². The Balaban J connectivity index is 2.34. The summed E-state index contributed by atoms with van der Waals surface area (Å²) in [5.74, 6) is 0.645. The van der Waals surface area contributed by atoms with Gasteiger partial charge in [0.15, 0.2) is 0 Å². The van der Waals surface area contributed by atoms with Crippen molar-refractivity contribution in [1.82, 2.24) is 10.2 Å². The molecule has 4 nitrogen and oxygen atoms in total. The third-order valence-corrected chi connectivity index (χ3v) is 3.46. The number of nitrogens with zero attached hydrogens (tertiary/aromatic N) is 2. The molecule has 0 aliphatic rings. The molecule has 20 heavy (non-hydrogen) atoms. The van der Waals surface area contributed by atoms with Crippen molar-refractivity contribution in [3.63, 3.8) is 0 Å². The lowest BCUT2D eigenvalue weighted by Crippen LogP contribution is -2.29. The second-order valence-electron chi connectivity index (χ2n) is 5.25. The predicted molar refractivity (Wildman–Crippen MR) is 81.8 cm³/mol. The van der Waals surface area contributed by atoms with Crippen molar-refractivity contribution >= 4 is 0 Å². The van der Waals surface area contributed by atoms with Gasteiger partial charge in [-0.25, -0.2) is 0 Å². The Morgan fingerprint density at radius 1 is 1.40 bits per heavy atom. The zero-order valence-corrected chi connectivity index (χ0v) is 12.9. The minimum absolute atomic E-state index is 0.579. The van der Waals surface area contributed by atoms with E-state index in [1.165, 1.54) is 0 Å². The highest BCUT2D eigenvalue weighted by atomic mass is 16.5. The number of ether oxygens (including phenoxy) is 1. The molecule has 1 aromatic carbocycles. The Morgan fingerprint density at radius 2 is 2.15 bits per heavy atom. The van der Waals surface area contributed by atoms with Crippen LogP contribution in [0.4, 0.5) is 0 Å². The number of methoxy groups -OCH3 is 1. The van der Waals surface area contributed by atoms with Gasteiger partial charge in [-0.3, -0.25) is 0 Å². The minimum atomic E-state index is 0.579. The predicted octanol–water partition coefficient (Wildman–Crippen LogP) is 2.39. The molecular formula is C16H25N3O. The van der Waals surface area contributed by atoms with Crippen LogP contribution in [0.2, 0.25) is 0 Å². The second-order valence-corrected chi connectivity index (χ2v) is 5.25. The van der Waals surface area contributed by atoms with Crippen molar-refractivity contribution in [3.8, 4) is 11.8 Å². The van der Waals surface area contributed by atoms with E-state index in [0.29, 0.717) is 17.4 Å². The lowest BCUT2D eigenvalue weighted by atomic mass is 10.1. The number of hydrogen-bond donors (Lipinski definition) is 1. The minimum Gasteiger partial charge on any atom is -0.495 e. The molecule has 1 N–H and O–H groups in total. The van der Waals surface area contributed by atoms with Crippen molar-refractivity contribution < 1.29 is 4.74 Å². The van der Waals surface area contributed by atoms with Crippen molar-refractivity contribution in [2.75, 3.05) is 27.2 Å². The molecule has 0 amide bonds. The van der Waals surface area contributed by atoms with E-state index in [0.717, 1.165) is 31.6 Å². The molecule has 0 saturated heterocycles. The largest absolute Gasteiger partial charge is 0.495 e. The first kappa shape index (κ1) is 16.5. The maximum Gasteiger partial charge on any atom is 0.136 e. The molecular weight excluding hydrogens is 250 g/mol. The molecule has 0 heterocycles. The van der Waals surface area contributed by atoms with Crippen LogP contribution < -0.4 is 10.1 Å². The molecule has 0 unspecified atom stereocenters. The van der Waals surface area contributed by atoms with Gasteiger partial charge in [-0.2, -0.15) is 5.26 Å². The van der Waals surface area contributed by atoms with Crippen LogP contribution in [0.3, 0.4) is 0 Å². The molecule has 1 rings (SSSR count). The topological polar surface area (TPSA) is 48.3 Å². The monoisotopic (exact) mass is 275 g/mol. The summed E-state index contributed by atoms with van der Waals surface area (Å²) in [5.41, 5.74) is 1.72. The Hall–Kier alpha value is -1.57. The van der Waals surface area contributed by atoms with Crippen LogP contribution in [0.15, 0.2) is 18.2 Å². The van der Waals surface area contributed by atoms with Crippen LogP contribution >= 0.6 is 0 Å². The van der Waals surface area contributed by atoms with Crippen LogP contribution in [0.5, 0.6) is 5.75 Å². The Bertz CT molecular complexity index is 452. The van der Waals surface area contributed by atoms with Gasteiger partial charge >= 0.3 is 0 Å². The summed E-state index contributed by atoms with van der Waals surface area (Å²) >= 11 is 0. The summed E-state index contributed by atoms with van der Waals surface area (Å²) in [7, 11) is 3.74. The summed E-state index contributed by atoms with van der Waals surface area (Å²) in [6, 6.07) is 8.41. The van der Waals surface area contributed by atoms with E-state index < -0.39 is 0 Å². The average Bonchev–Trinajstić information content (AvgIpc) is 2.46. The lowest BCUT2D eigenvalue weighted by molar-refractivity contribution is 0.269. The van der Waals surface area contributed by atoms with E-state index in [1.807, 2.05) is 18.2 Å². The highest BCUT2D eigenvalue weighted by molar-refractivity contribution is 5.45. The molecule has 110 valence electrons. The molecule has 0 aromatic heterocycles. The summed E-state index contributed by atoms with van der Waals surface area (Å²) in [6.07, 6.45) is 1.13. The first-order valence-corrected chi connectivity index (χ1v) is 7.06. The summed E-state index contributed by atoms with van der Waals surface area (Å²) < 4.78 is 5.21. The van der Waals surface area contributed by atoms with Gasteiger partial charge in [0, 0.05) is 12.6 Å². The van der Waals surface area contributed by atoms with Gasteiger partial charge in [0.2, 0.25) is 0 Å². The molecule has 0 saturated carbocycles. The van der Waals surface area contributed by atoms with Gasteiger partial charge < -0.3 is 15.0 Å². The molecule has 4 heteroatoms. The van der Waals surface area contributed by atoms with Gasteiger partial charge in [0.25, 0.3) is 0 Å². The normalized spacial score (nSPS) is 10.8. The molecule has 0 atom stereocenters. The number of hydrogen-bond acceptors (Lipinski definition) is 4. The summed E-state index contributed by atoms with van der Waals surface area (Å²) in [4.78, 5) is 2.34. The van der Waals surface area contributed by atoms with Crippen molar-refractivity contribution in [2.45, 2.75) is 32.9 Å². The van der Waals surface area contributed by atoms with E-state index >= 15 is 0 Å². The first-order valence-electron chi connectivity index (χ1n) is 7.06. The fraction of sp³-hybridized carbons (Fsp3) is 0.562. The van der Waals surface area contributed by atoms with Gasteiger partial charge in [-0.15, -0.1) is 0 Å². The standard InChI is InChI=1S/C16H25N3O/c1-13(2)19(3)9-5-8-18-12-14-6-7-15(11-17)16(10-14)20-4/h6-7,10,13,18H,5,8-9,12H2,1-4H3. The molecule has 0 spiro atoms. The Morgan fingerprint density at radius 3 is 2.75 bits per heavy atom. The zero-order chi connectivity index (χ0) is 15.0. The highest BCUT2D eigenvalue weighted by Crippen LogP contribution is 2.18. The number of benzene rings is 1. The third kappa shape index (κ3) is 5.20. The molecule has 0 aliphatic heterocycles. The molecule has 0 radical (unpaired) electrons.